The van der Waals surface area contributed by atoms with Crippen LogP contribution in [-0.4, -0.2) is 158 Å². The summed E-state index contributed by atoms with van der Waals surface area (Å²) in [6.45, 7) is 16.9. The maximum absolute atomic E-state index is 15.0. The van der Waals surface area contributed by atoms with Crippen LogP contribution < -0.4 is 31.9 Å². The average molecular weight is 1100 g/mol. The first-order valence-corrected chi connectivity index (χ1v) is 29.5. The number of piperazine rings is 1. The van der Waals surface area contributed by atoms with Crippen molar-refractivity contribution < 1.29 is 24.0 Å². The van der Waals surface area contributed by atoms with Gasteiger partial charge in [0.25, 0.3) is 0 Å². The van der Waals surface area contributed by atoms with Gasteiger partial charge in [0.15, 0.2) is 0 Å². The molecule has 0 saturated carbocycles. The van der Waals surface area contributed by atoms with E-state index >= 15 is 0 Å². The molecule has 2 aromatic rings. The summed E-state index contributed by atoms with van der Waals surface area (Å²) in [5.74, 6) is 2.69. The van der Waals surface area contributed by atoms with E-state index in [2.05, 4.69) is 68.7 Å². The summed E-state index contributed by atoms with van der Waals surface area (Å²) in [5, 5.41) is 19.2. The van der Waals surface area contributed by atoms with E-state index in [0.717, 1.165) is 33.7 Å². The van der Waals surface area contributed by atoms with E-state index in [1.54, 1.807) is 35.5 Å². The molecular formula is C56H74N10O5S4. The summed E-state index contributed by atoms with van der Waals surface area (Å²) in [7, 11) is 3.56. The van der Waals surface area contributed by atoms with Crippen molar-refractivity contribution >= 4 is 87.5 Å². The van der Waals surface area contributed by atoms with Gasteiger partial charge in [-0.2, -0.15) is 0 Å². The van der Waals surface area contributed by atoms with Crippen molar-refractivity contribution in [2.24, 2.45) is 22.7 Å². The fourth-order valence-electron chi connectivity index (χ4n) is 12.9. The highest BCUT2D eigenvalue weighted by Crippen LogP contribution is 2.49. The van der Waals surface area contributed by atoms with Crippen LogP contribution in [0.4, 0.5) is 0 Å². The molecule has 402 valence electrons. The van der Waals surface area contributed by atoms with Gasteiger partial charge < -0.3 is 51.5 Å². The van der Waals surface area contributed by atoms with Crippen LogP contribution in [0.25, 0.3) is 0 Å². The Kier molecular flexibility index (Phi) is 16.4. The van der Waals surface area contributed by atoms with Crippen LogP contribution in [-0.2, 0) is 36.8 Å². The molecule has 5 aliphatic heterocycles. The number of amides is 5. The molecule has 5 heterocycles. The summed E-state index contributed by atoms with van der Waals surface area (Å²) < 4.78 is 0. The molecule has 2 aliphatic carbocycles. The third kappa shape index (κ3) is 10.7. The molecule has 2 aromatic carbocycles. The molecule has 12 atom stereocenters. The molecule has 9 rings (SSSR count). The molecule has 0 radical (unpaired) electrons. The molecule has 0 unspecified atom stereocenters. The predicted molar refractivity (Wildman–Crippen MR) is 305 cm³/mol. The maximum atomic E-state index is 15.0. The highest BCUT2D eigenvalue weighted by atomic mass is 32.2. The first-order valence-electron chi connectivity index (χ1n) is 26.6. The number of terminal acetylenes is 1. The van der Waals surface area contributed by atoms with Gasteiger partial charge in [-0.15, -0.1) is 29.9 Å². The molecule has 19 heteroatoms. The Balaban J connectivity index is 0.880. The normalized spacial score (nSPS) is 30.3. The van der Waals surface area contributed by atoms with Crippen LogP contribution >= 0.6 is 48.0 Å². The number of hydrogen-bond donors (Lipinski definition) is 6. The Morgan fingerprint density at radius 3 is 1.63 bits per heavy atom. The molecule has 5 amide bonds. The van der Waals surface area contributed by atoms with E-state index in [0.29, 0.717) is 80.4 Å². The van der Waals surface area contributed by atoms with E-state index in [1.165, 1.54) is 0 Å². The van der Waals surface area contributed by atoms with Crippen LogP contribution in [0.3, 0.4) is 0 Å². The van der Waals surface area contributed by atoms with Gasteiger partial charge in [0.2, 0.25) is 29.5 Å². The van der Waals surface area contributed by atoms with Gasteiger partial charge in [-0.05, 0) is 104 Å². The summed E-state index contributed by atoms with van der Waals surface area (Å²) in [6, 6.07) is 12.0. The largest absolute Gasteiger partial charge is 0.371 e. The second-order valence-corrected chi connectivity index (χ2v) is 26.2. The molecule has 15 nitrogen and oxygen atoms in total. The minimum Gasteiger partial charge on any atom is -0.371 e. The number of hydrogen-bond acceptors (Lipinski definition) is 12. The zero-order chi connectivity index (χ0) is 53.7. The number of nitrogens with one attached hydrogen (secondary N) is 6. The lowest BCUT2D eigenvalue weighted by atomic mass is 9.83. The molecule has 75 heavy (non-hydrogen) atoms. The number of benzene rings is 2. The Morgan fingerprint density at radius 1 is 0.693 bits per heavy atom. The van der Waals surface area contributed by atoms with Gasteiger partial charge >= 0.3 is 0 Å². The van der Waals surface area contributed by atoms with E-state index in [-0.39, 0.29) is 58.3 Å². The SMILES string of the molecule is C#C[C@H](NC)C(=S)N[C@H]1CCS[C@H]2CC(C)(C)[C@@H](C(=O)N[C@H]3c4ccccc4C[C@H]3C(=O)N3CCN(C(=C)[C@@H]4Cc5ccccc5[C@@H]4NC(=O)[C@H]4N5C(=O)[C@@H](NC(=S)[C@H](C)NC)CCS[C@H]5CC4(C)C)CC3)N2C1=O. The number of rotatable bonds is 13. The van der Waals surface area contributed by atoms with Crippen molar-refractivity contribution in [1.82, 2.24) is 51.5 Å². The number of carbonyl (C=O) groups is 5. The zero-order valence-electron chi connectivity index (χ0n) is 44.3. The monoisotopic (exact) mass is 1090 g/mol. The Hall–Kier alpha value is -4.71. The molecule has 0 bridgehead atoms. The minimum absolute atomic E-state index is 0.0231. The van der Waals surface area contributed by atoms with E-state index in [1.807, 2.05) is 74.0 Å². The fourth-order valence-corrected chi connectivity index (χ4v) is 16.7. The lowest BCUT2D eigenvalue weighted by Crippen LogP contribution is -2.58. The zero-order valence-corrected chi connectivity index (χ0v) is 47.5. The molecule has 6 N–H and O–H groups in total. The number of thioether (sulfide) groups is 2. The Morgan fingerprint density at radius 2 is 1.15 bits per heavy atom. The minimum atomic E-state index is -0.775. The number of nitrogens with zero attached hydrogens (tertiary/aromatic N) is 4. The number of carbonyl (C=O) groups excluding carboxylic acids is 5. The van der Waals surface area contributed by atoms with Crippen LogP contribution in [0.5, 0.6) is 0 Å². The first-order chi connectivity index (χ1) is 35.8. The van der Waals surface area contributed by atoms with Gasteiger partial charge in [0.1, 0.15) is 35.2 Å². The topological polar surface area (TPSA) is 170 Å². The van der Waals surface area contributed by atoms with Crippen molar-refractivity contribution in [3.8, 4) is 12.3 Å². The number of fused-ring (bicyclic) bond motifs is 4. The van der Waals surface area contributed by atoms with Gasteiger partial charge in [0.05, 0.1) is 39.8 Å². The van der Waals surface area contributed by atoms with Gasteiger partial charge in [0, 0.05) is 37.8 Å². The Bertz CT molecular complexity index is 2650. The quantitative estimate of drug-likeness (QED) is 0.124. The third-order valence-corrected chi connectivity index (χ3v) is 20.4. The van der Waals surface area contributed by atoms with Crippen molar-refractivity contribution in [1.29, 1.82) is 0 Å². The maximum Gasteiger partial charge on any atom is 0.246 e. The summed E-state index contributed by atoms with van der Waals surface area (Å²) in [5.41, 5.74) is 4.01. The summed E-state index contributed by atoms with van der Waals surface area (Å²) in [6.07, 6.45) is 9.39. The first kappa shape index (κ1) is 55.1. The van der Waals surface area contributed by atoms with Gasteiger partial charge in [-0.1, -0.05) is 113 Å². The van der Waals surface area contributed by atoms with Crippen LogP contribution in [0.1, 0.15) is 94.6 Å². The molecule has 7 aliphatic rings. The average Bonchev–Trinajstić information content (AvgIpc) is 4.06. The fraction of sp³-hybridized carbons (Fsp3) is 0.589. The lowest BCUT2D eigenvalue weighted by molar-refractivity contribution is -0.143. The number of thiocarbonyl (C=S) groups is 2. The van der Waals surface area contributed by atoms with Crippen molar-refractivity contribution in [3.05, 3.63) is 83.1 Å². The van der Waals surface area contributed by atoms with E-state index < -0.39 is 53.0 Å². The predicted octanol–water partition coefficient (Wildman–Crippen LogP) is 4.28. The lowest BCUT2D eigenvalue weighted by Gasteiger charge is -2.41. The van der Waals surface area contributed by atoms with Crippen LogP contribution in [0.2, 0.25) is 0 Å². The summed E-state index contributed by atoms with van der Waals surface area (Å²) in [4.78, 5) is 82.5. The van der Waals surface area contributed by atoms with Crippen molar-refractivity contribution in [2.45, 2.75) is 132 Å². The smallest absolute Gasteiger partial charge is 0.246 e. The van der Waals surface area contributed by atoms with Crippen LogP contribution in [0, 0.1) is 35.0 Å². The van der Waals surface area contributed by atoms with E-state index in [4.69, 9.17) is 37.4 Å². The van der Waals surface area contributed by atoms with Gasteiger partial charge in [-0.25, -0.2) is 0 Å². The molecular weight excluding hydrogens is 1020 g/mol. The molecule has 0 aromatic heterocycles. The third-order valence-electron chi connectivity index (χ3n) is 17.1. The second-order valence-electron chi connectivity index (χ2n) is 22.7. The second kappa shape index (κ2) is 22.3. The molecule has 5 fully saturated rings. The number of likely N-dealkylation sites (N-methyl/N-ethyl adjacent to an activating group) is 2. The van der Waals surface area contributed by atoms with Crippen LogP contribution in [0.15, 0.2) is 60.8 Å². The standard InChI is InChI=1S/C56H74N10O5S4/c1-10-39(58-9)51(73)60-41-20-26-75-43-30-56(6,7)47(66(43)54(41)71)49(68)62-45-36-18-14-12-16-34(36)28-38(45)52(69)64-23-21-63(22-24-64)32(3)37-27-33-15-11-13-17-35(33)44(37)61-48(67)46-55(4,5)29-42-65(46)53(70)40(19-25-74-42)59-50(72)31(2)57-8/h1,11-18,31,37-47,57-58H,3,19-30H2,2,4-9H3,(H,59,72)(H,60,73)(H,61,67)(H,62,68)/t31-,37-,38+,39-,40-,41-,42-,43-,44-,45-,46+,47+/m0/s1. The molecule has 5 saturated heterocycles. The molecule has 0 spiro atoms. The van der Waals surface area contributed by atoms with Gasteiger partial charge in [-0.3, -0.25) is 24.0 Å². The van der Waals surface area contributed by atoms with Crippen molar-refractivity contribution in [3.63, 3.8) is 0 Å². The summed E-state index contributed by atoms with van der Waals surface area (Å²) >= 11 is 14.7. The van der Waals surface area contributed by atoms with Crippen molar-refractivity contribution in [2.75, 3.05) is 51.8 Å². The van der Waals surface area contributed by atoms with E-state index in [9.17, 15) is 24.0 Å². The Labute approximate surface area is 462 Å². The highest BCUT2D eigenvalue weighted by Gasteiger charge is 2.57. The highest BCUT2D eigenvalue weighted by molar-refractivity contribution is 8.00.